The molecule has 0 saturated carbocycles. The number of hydrogen-bond acceptors (Lipinski definition) is 6. The van der Waals surface area contributed by atoms with E-state index in [4.69, 9.17) is 0 Å². The minimum Gasteiger partial charge on any atom is -0.480 e. The zero-order chi connectivity index (χ0) is 20.5. The number of anilines is 1. The molecule has 28 heavy (non-hydrogen) atoms. The van der Waals surface area contributed by atoms with Crippen molar-refractivity contribution in [3.8, 4) is 0 Å². The predicted octanol–water partition coefficient (Wildman–Crippen LogP) is 0.792. The van der Waals surface area contributed by atoms with Crippen LogP contribution in [0.25, 0.3) is 0 Å². The van der Waals surface area contributed by atoms with Crippen molar-refractivity contribution in [2.24, 2.45) is 4.99 Å². The largest absolute Gasteiger partial charge is 0.480 e. The van der Waals surface area contributed by atoms with Crippen LogP contribution in [0.1, 0.15) is 11.1 Å². The van der Waals surface area contributed by atoms with E-state index in [1.54, 1.807) is 30.3 Å². The number of carboxylic acids is 1. The van der Waals surface area contributed by atoms with Crippen molar-refractivity contribution in [3.05, 3.63) is 59.7 Å². The van der Waals surface area contributed by atoms with Crippen LogP contribution in [0.3, 0.4) is 0 Å². The number of sulfonamides is 2. The van der Waals surface area contributed by atoms with Crippen LogP contribution in [0.2, 0.25) is 0 Å². The van der Waals surface area contributed by atoms with E-state index in [-0.39, 0.29) is 17.2 Å². The molecule has 0 amide bonds. The standard InChI is InChI=1S/C17H17N3O6S2/c1-27(23,24)19-12-8-6-11(7-9-12)10-14(17(21)22)18-16-13-4-2-3-5-15(13)28(25,26)20-16/h2-9,14,19H,10H2,1H3,(H,18,20)(H,21,22)/t14-/m0/s1. The molecular weight excluding hydrogens is 406 g/mol. The molecule has 0 unspecified atom stereocenters. The van der Waals surface area contributed by atoms with Crippen molar-refractivity contribution >= 4 is 37.5 Å². The van der Waals surface area contributed by atoms with Gasteiger partial charge in [0.25, 0.3) is 10.0 Å². The molecule has 1 aliphatic heterocycles. The third-order valence-electron chi connectivity index (χ3n) is 3.92. The molecule has 1 aliphatic rings. The highest BCUT2D eigenvalue weighted by atomic mass is 32.2. The van der Waals surface area contributed by atoms with Gasteiger partial charge in [0.2, 0.25) is 10.0 Å². The fourth-order valence-electron chi connectivity index (χ4n) is 2.72. The van der Waals surface area contributed by atoms with Crippen LogP contribution in [0.4, 0.5) is 5.69 Å². The van der Waals surface area contributed by atoms with Crippen molar-refractivity contribution in [2.45, 2.75) is 17.4 Å². The molecule has 0 radical (unpaired) electrons. The van der Waals surface area contributed by atoms with Gasteiger partial charge in [-0.15, -0.1) is 0 Å². The number of rotatable bonds is 6. The van der Waals surface area contributed by atoms with Crippen LogP contribution < -0.4 is 9.44 Å². The summed E-state index contributed by atoms with van der Waals surface area (Å²) in [7, 11) is -7.17. The van der Waals surface area contributed by atoms with Crippen LogP contribution in [-0.4, -0.2) is 46.0 Å². The van der Waals surface area contributed by atoms with E-state index in [2.05, 4.69) is 14.4 Å². The number of benzene rings is 2. The first kappa shape index (κ1) is 19.8. The van der Waals surface area contributed by atoms with E-state index < -0.39 is 32.1 Å². The summed E-state index contributed by atoms with van der Waals surface area (Å²) in [6, 6.07) is 11.1. The maximum Gasteiger partial charge on any atom is 0.328 e. The van der Waals surface area contributed by atoms with Crippen LogP contribution in [0, 0.1) is 0 Å². The number of nitrogens with one attached hydrogen (secondary N) is 2. The van der Waals surface area contributed by atoms with E-state index in [1.807, 2.05) is 0 Å². The lowest BCUT2D eigenvalue weighted by Crippen LogP contribution is -2.28. The molecule has 148 valence electrons. The maximum absolute atomic E-state index is 12.1. The van der Waals surface area contributed by atoms with Gasteiger partial charge in [-0.3, -0.25) is 14.4 Å². The Morgan fingerprint density at radius 3 is 2.43 bits per heavy atom. The van der Waals surface area contributed by atoms with Crippen molar-refractivity contribution < 1.29 is 26.7 Å². The summed E-state index contributed by atoms with van der Waals surface area (Å²) in [4.78, 5) is 15.8. The number of hydrogen-bond donors (Lipinski definition) is 3. The number of aliphatic imine (C=N–C) groups is 1. The second kappa shape index (κ2) is 7.24. The lowest BCUT2D eigenvalue weighted by atomic mass is 10.1. The highest BCUT2D eigenvalue weighted by molar-refractivity contribution is 7.92. The van der Waals surface area contributed by atoms with Gasteiger partial charge in [-0.25, -0.2) is 21.6 Å². The average molecular weight is 423 g/mol. The number of nitrogens with zero attached hydrogens (tertiary/aromatic N) is 1. The van der Waals surface area contributed by atoms with Crippen LogP contribution in [-0.2, 0) is 31.3 Å². The molecule has 11 heteroatoms. The number of carbonyl (C=O) groups is 1. The van der Waals surface area contributed by atoms with Gasteiger partial charge >= 0.3 is 5.97 Å². The van der Waals surface area contributed by atoms with Gasteiger partial charge in [0.1, 0.15) is 5.84 Å². The molecule has 0 spiro atoms. The zero-order valence-electron chi connectivity index (χ0n) is 14.7. The van der Waals surface area contributed by atoms with E-state index >= 15 is 0 Å². The van der Waals surface area contributed by atoms with Gasteiger partial charge in [-0.1, -0.05) is 24.3 Å². The normalized spacial score (nSPS) is 17.5. The van der Waals surface area contributed by atoms with Gasteiger partial charge < -0.3 is 5.11 Å². The first-order valence-electron chi connectivity index (χ1n) is 8.05. The first-order chi connectivity index (χ1) is 13.0. The van der Waals surface area contributed by atoms with Gasteiger partial charge in [-0.2, -0.15) is 0 Å². The lowest BCUT2D eigenvalue weighted by Gasteiger charge is -2.10. The summed E-state index contributed by atoms with van der Waals surface area (Å²) in [5.74, 6) is -1.23. The minimum absolute atomic E-state index is 0.00187. The number of fused-ring (bicyclic) bond motifs is 1. The summed E-state index contributed by atoms with van der Waals surface area (Å²) in [5.41, 5.74) is 1.27. The number of amidine groups is 1. The zero-order valence-corrected chi connectivity index (χ0v) is 16.3. The van der Waals surface area contributed by atoms with E-state index in [0.29, 0.717) is 16.8 Å². The first-order valence-corrected chi connectivity index (χ1v) is 11.4. The molecule has 2 aromatic rings. The molecule has 9 nitrogen and oxygen atoms in total. The highest BCUT2D eigenvalue weighted by Gasteiger charge is 2.31. The topological polar surface area (TPSA) is 142 Å². The molecular formula is C17H17N3O6S2. The average Bonchev–Trinajstić information content (AvgIpc) is 2.85. The van der Waals surface area contributed by atoms with Gasteiger partial charge in [-0.05, 0) is 29.8 Å². The van der Waals surface area contributed by atoms with E-state index in [1.165, 1.54) is 18.2 Å². The molecule has 0 aromatic heterocycles. The Morgan fingerprint density at radius 2 is 1.82 bits per heavy atom. The summed E-state index contributed by atoms with van der Waals surface area (Å²) >= 11 is 0. The Balaban J connectivity index is 1.86. The van der Waals surface area contributed by atoms with Gasteiger partial charge in [0.05, 0.1) is 11.2 Å². The number of carboxylic acid groups (broad SMARTS) is 1. The molecule has 2 aromatic carbocycles. The van der Waals surface area contributed by atoms with Crippen LogP contribution in [0.15, 0.2) is 58.4 Å². The summed E-state index contributed by atoms with van der Waals surface area (Å²) in [5, 5.41) is 9.50. The third-order valence-corrected chi connectivity index (χ3v) is 5.92. The Bertz CT molecular complexity index is 1160. The highest BCUT2D eigenvalue weighted by Crippen LogP contribution is 2.23. The Kier molecular flexibility index (Phi) is 5.13. The lowest BCUT2D eigenvalue weighted by molar-refractivity contribution is -0.138. The van der Waals surface area contributed by atoms with Crippen molar-refractivity contribution in [2.75, 3.05) is 11.0 Å². The molecule has 1 heterocycles. The Labute approximate surface area is 162 Å². The fourth-order valence-corrected chi connectivity index (χ4v) is 4.52. The molecule has 0 fully saturated rings. The molecule has 0 bridgehead atoms. The molecule has 3 rings (SSSR count). The van der Waals surface area contributed by atoms with Gasteiger partial charge in [0, 0.05) is 17.7 Å². The Morgan fingerprint density at radius 1 is 1.18 bits per heavy atom. The van der Waals surface area contributed by atoms with Crippen LogP contribution >= 0.6 is 0 Å². The maximum atomic E-state index is 12.1. The summed E-state index contributed by atoms with van der Waals surface area (Å²) in [6.07, 6.45) is 1.03. The molecule has 3 N–H and O–H groups in total. The third kappa shape index (κ3) is 4.49. The minimum atomic E-state index is -3.76. The van der Waals surface area contributed by atoms with Crippen molar-refractivity contribution in [1.82, 2.24) is 4.72 Å². The van der Waals surface area contributed by atoms with E-state index in [9.17, 15) is 26.7 Å². The monoisotopic (exact) mass is 423 g/mol. The molecule has 0 aliphatic carbocycles. The van der Waals surface area contributed by atoms with Crippen molar-refractivity contribution in [1.29, 1.82) is 0 Å². The predicted molar refractivity (Wildman–Crippen MR) is 103 cm³/mol. The van der Waals surface area contributed by atoms with Crippen molar-refractivity contribution in [3.63, 3.8) is 0 Å². The number of aliphatic carboxylic acids is 1. The smallest absolute Gasteiger partial charge is 0.328 e. The second-order valence-corrected chi connectivity index (χ2v) is 9.61. The van der Waals surface area contributed by atoms with Crippen LogP contribution in [0.5, 0.6) is 0 Å². The summed E-state index contributed by atoms with van der Waals surface area (Å²) < 4.78 is 51.3. The fraction of sp³-hybridized carbons (Fsp3) is 0.176. The molecule has 0 saturated heterocycles. The second-order valence-electron chi connectivity index (χ2n) is 6.21. The SMILES string of the molecule is CS(=O)(=O)Nc1ccc(C[C@H](N=C2NS(=O)(=O)c3ccccc32)C(=O)O)cc1. The quantitative estimate of drug-likeness (QED) is 0.627. The van der Waals surface area contributed by atoms with E-state index in [0.717, 1.165) is 6.26 Å². The Hall–Kier alpha value is -2.92. The van der Waals surface area contributed by atoms with Gasteiger partial charge in [0.15, 0.2) is 6.04 Å². The molecule has 1 atom stereocenters. The summed E-state index contributed by atoms with van der Waals surface area (Å²) in [6.45, 7) is 0.